The maximum atomic E-state index is 5.18. The molecule has 0 radical (unpaired) electrons. The second kappa shape index (κ2) is 13.4. The second-order valence-electron chi connectivity index (χ2n) is 13.7. The van der Waals surface area contributed by atoms with Crippen LogP contribution < -0.4 is 10.6 Å². The molecule has 4 heteroatoms. The van der Waals surface area contributed by atoms with Crippen LogP contribution in [-0.4, -0.2) is 16.4 Å². The van der Waals surface area contributed by atoms with Gasteiger partial charge in [0, 0.05) is 33.3 Å². The fourth-order valence-electron chi connectivity index (χ4n) is 7.80. The first kappa shape index (κ1) is 31.6. The SMILES string of the molecule is c1ccc(C2=Nc3ccccc3NC2Nc2ccc(-c3ccc4c(c3)c3ccccc3n4-c3ccccc3)cc2-c2cccc(-c3ccccc3)c2)cc1. The molecule has 0 saturated heterocycles. The van der Waals surface area contributed by atoms with E-state index in [1.807, 2.05) is 12.1 Å². The molecule has 10 rings (SSSR count). The molecule has 1 aliphatic rings. The summed E-state index contributed by atoms with van der Waals surface area (Å²) in [4.78, 5) is 5.18. The summed E-state index contributed by atoms with van der Waals surface area (Å²) in [6.45, 7) is 0. The lowest BCUT2D eigenvalue weighted by Gasteiger charge is -2.30. The van der Waals surface area contributed by atoms with E-state index < -0.39 is 0 Å². The van der Waals surface area contributed by atoms with Crippen molar-refractivity contribution in [3.63, 3.8) is 0 Å². The van der Waals surface area contributed by atoms with Crippen molar-refractivity contribution in [1.29, 1.82) is 0 Å². The second-order valence-corrected chi connectivity index (χ2v) is 13.7. The molecular weight excluding hydrogens is 657 g/mol. The number of aromatic nitrogens is 1. The summed E-state index contributed by atoms with van der Waals surface area (Å²) in [5.41, 5.74) is 15.5. The molecule has 9 aromatic rings. The van der Waals surface area contributed by atoms with Crippen LogP contribution in [0, 0.1) is 0 Å². The number of fused-ring (bicyclic) bond motifs is 4. The standard InChI is InChI=1S/C50H36N4/c1-4-15-34(16-5-1)36-19-14-20-39(31-36)42-32-37(38-28-30-48-43(33-38)41-23-10-13-26-47(41)54(48)40-21-8-3-9-22-40)27-29-44(42)52-50-49(35-17-6-2-7-18-35)51-45-24-11-12-25-46(45)53-50/h1-33,50,52-53H. The Labute approximate surface area is 314 Å². The Morgan fingerprint density at radius 1 is 0.444 bits per heavy atom. The van der Waals surface area contributed by atoms with E-state index in [-0.39, 0.29) is 6.17 Å². The third-order valence-electron chi connectivity index (χ3n) is 10.4. The van der Waals surface area contributed by atoms with Gasteiger partial charge in [0.05, 0.1) is 28.1 Å². The largest absolute Gasteiger partial charge is 0.360 e. The van der Waals surface area contributed by atoms with E-state index in [0.717, 1.165) is 50.7 Å². The third-order valence-corrected chi connectivity index (χ3v) is 10.4. The minimum atomic E-state index is -0.260. The summed E-state index contributed by atoms with van der Waals surface area (Å²) in [6, 6.07) is 71.1. The van der Waals surface area contributed by atoms with Crippen molar-refractivity contribution in [3.8, 4) is 39.1 Å². The van der Waals surface area contributed by atoms with Crippen molar-refractivity contribution in [2.24, 2.45) is 4.99 Å². The van der Waals surface area contributed by atoms with Gasteiger partial charge >= 0.3 is 0 Å². The molecule has 4 nitrogen and oxygen atoms in total. The molecule has 0 amide bonds. The number of hydrogen-bond donors (Lipinski definition) is 2. The highest BCUT2D eigenvalue weighted by Gasteiger charge is 2.25. The lowest BCUT2D eigenvalue weighted by Crippen LogP contribution is -2.39. The number of nitrogens with one attached hydrogen (secondary N) is 2. The molecule has 1 atom stereocenters. The summed E-state index contributed by atoms with van der Waals surface area (Å²) < 4.78 is 2.36. The van der Waals surface area contributed by atoms with Crippen LogP contribution in [0.5, 0.6) is 0 Å². The summed E-state index contributed by atoms with van der Waals surface area (Å²) in [5.74, 6) is 0. The molecule has 256 valence electrons. The zero-order chi connectivity index (χ0) is 35.8. The number of hydrogen-bond acceptors (Lipinski definition) is 3. The van der Waals surface area contributed by atoms with Gasteiger partial charge in [0.25, 0.3) is 0 Å². The van der Waals surface area contributed by atoms with E-state index in [1.165, 1.54) is 38.5 Å². The summed E-state index contributed by atoms with van der Waals surface area (Å²) in [6.07, 6.45) is -0.260. The minimum Gasteiger partial charge on any atom is -0.360 e. The molecule has 1 unspecified atom stereocenters. The molecule has 0 spiro atoms. The van der Waals surface area contributed by atoms with Crippen LogP contribution in [0.1, 0.15) is 5.56 Å². The number of rotatable bonds is 7. The van der Waals surface area contributed by atoms with E-state index in [9.17, 15) is 0 Å². The van der Waals surface area contributed by atoms with Gasteiger partial charge in [-0.15, -0.1) is 0 Å². The maximum Gasteiger partial charge on any atom is 0.141 e. The Bertz CT molecular complexity index is 2820. The quantitative estimate of drug-likeness (QED) is 0.175. The number of aliphatic imine (C=N–C) groups is 1. The number of anilines is 2. The van der Waals surface area contributed by atoms with E-state index in [1.54, 1.807) is 0 Å². The molecule has 2 N–H and O–H groups in total. The Hall–Kier alpha value is -7.17. The van der Waals surface area contributed by atoms with E-state index in [4.69, 9.17) is 4.99 Å². The molecule has 0 bridgehead atoms. The average molecular weight is 693 g/mol. The molecule has 1 aromatic heterocycles. The minimum absolute atomic E-state index is 0.260. The van der Waals surface area contributed by atoms with Crippen LogP contribution in [0.2, 0.25) is 0 Å². The first-order chi connectivity index (χ1) is 26.8. The highest BCUT2D eigenvalue weighted by Crippen LogP contribution is 2.40. The number of nitrogens with zero attached hydrogens (tertiary/aromatic N) is 2. The predicted octanol–water partition coefficient (Wildman–Crippen LogP) is 12.8. The van der Waals surface area contributed by atoms with Crippen LogP contribution in [0.25, 0.3) is 60.9 Å². The lowest BCUT2D eigenvalue weighted by atomic mass is 9.94. The van der Waals surface area contributed by atoms with Crippen LogP contribution in [0.4, 0.5) is 17.1 Å². The molecule has 54 heavy (non-hydrogen) atoms. The first-order valence-electron chi connectivity index (χ1n) is 18.4. The highest BCUT2D eigenvalue weighted by atomic mass is 15.2. The number of para-hydroxylation sites is 4. The molecule has 0 fully saturated rings. The van der Waals surface area contributed by atoms with E-state index in [0.29, 0.717) is 0 Å². The zero-order valence-corrected chi connectivity index (χ0v) is 29.5. The van der Waals surface area contributed by atoms with Gasteiger partial charge in [0.1, 0.15) is 6.17 Å². The van der Waals surface area contributed by atoms with Crippen LogP contribution in [0.3, 0.4) is 0 Å². The molecule has 0 saturated carbocycles. The maximum absolute atomic E-state index is 5.18. The number of benzene rings is 8. The molecule has 8 aromatic carbocycles. The van der Waals surface area contributed by atoms with Crippen LogP contribution >= 0.6 is 0 Å². The van der Waals surface area contributed by atoms with Gasteiger partial charge < -0.3 is 15.2 Å². The zero-order valence-electron chi connectivity index (χ0n) is 29.5. The highest BCUT2D eigenvalue weighted by molar-refractivity contribution is 6.12. The first-order valence-corrected chi connectivity index (χ1v) is 18.4. The lowest BCUT2D eigenvalue weighted by molar-refractivity contribution is 1.04. The monoisotopic (exact) mass is 692 g/mol. The van der Waals surface area contributed by atoms with Gasteiger partial charge in [-0.2, -0.15) is 0 Å². The third kappa shape index (κ3) is 5.71. The average Bonchev–Trinajstić information content (AvgIpc) is 3.58. The van der Waals surface area contributed by atoms with Gasteiger partial charge in [0.2, 0.25) is 0 Å². The molecule has 0 aliphatic carbocycles. The van der Waals surface area contributed by atoms with Gasteiger partial charge in [0.15, 0.2) is 0 Å². The summed E-state index contributed by atoms with van der Waals surface area (Å²) in [5, 5.41) is 10.1. The van der Waals surface area contributed by atoms with Crippen LogP contribution in [0.15, 0.2) is 205 Å². The van der Waals surface area contributed by atoms with Crippen molar-refractivity contribution >= 4 is 44.6 Å². The van der Waals surface area contributed by atoms with Gasteiger partial charge in [-0.05, 0) is 88.5 Å². The van der Waals surface area contributed by atoms with Crippen molar-refractivity contribution in [2.45, 2.75) is 6.17 Å². The normalized spacial score (nSPS) is 13.6. The van der Waals surface area contributed by atoms with Crippen molar-refractivity contribution in [2.75, 3.05) is 10.6 Å². The smallest absolute Gasteiger partial charge is 0.141 e. The fraction of sp³-hybridized carbons (Fsp3) is 0.0200. The summed E-state index contributed by atoms with van der Waals surface area (Å²) in [7, 11) is 0. The summed E-state index contributed by atoms with van der Waals surface area (Å²) >= 11 is 0. The van der Waals surface area contributed by atoms with E-state index in [2.05, 4.69) is 203 Å². The Balaban J connectivity index is 1.12. The molecular formula is C50H36N4. The predicted molar refractivity (Wildman–Crippen MR) is 227 cm³/mol. The Morgan fingerprint density at radius 3 is 1.89 bits per heavy atom. The van der Waals surface area contributed by atoms with Gasteiger partial charge in [-0.25, -0.2) is 4.99 Å². The fourth-order valence-corrected chi connectivity index (χ4v) is 7.80. The Kier molecular flexibility index (Phi) is 7.85. The van der Waals surface area contributed by atoms with Gasteiger partial charge in [-0.1, -0.05) is 140 Å². The van der Waals surface area contributed by atoms with Gasteiger partial charge in [-0.3, -0.25) is 0 Å². The van der Waals surface area contributed by atoms with Crippen molar-refractivity contribution < 1.29 is 0 Å². The molecule has 1 aliphatic heterocycles. The van der Waals surface area contributed by atoms with Crippen molar-refractivity contribution in [3.05, 3.63) is 206 Å². The van der Waals surface area contributed by atoms with Crippen LogP contribution in [-0.2, 0) is 0 Å². The van der Waals surface area contributed by atoms with E-state index >= 15 is 0 Å². The van der Waals surface area contributed by atoms with Crippen molar-refractivity contribution in [1.82, 2.24) is 4.57 Å². The molecule has 2 heterocycles. The Morgan fingerprint density at radius 2 is 1.06 bits per heavy atom. The topological polar surface area (TPSA) is 41.4 Å².